The van der Waals surface area contributed by atoms with E-state index in [1.165, 1.54) is 0 Å². The van der Waals surface area contributed by atoms with E-state index in [2.05, 4.69) is 5.32 Å². The molecule has 1 fully saturated rings. The number of rotatable bonds is 5. The van der Waals surface area contributed by atoms with Crippen LogP contribution in [0.1, 0.15) is 43.7 Å². The Kier molecular flexibility index (Phi) is 4.56. The number of hydrogen-bond acceptors (Lipinski definition) is 3. The maximum Gasteiger partial charge on any atom is 0.222 e. The minimum Gasteiger partial charge on any atom is -0.394 e. The summed E-state index contributed by atoms with van der Waals surface area (Å²) in [6.45, 7) is 0.0132. The van der Waals surface area contributed by atoms with Gasteiger partial charge in [0.15, 0.2) is 0 Å². The Morgan fingerprint density at radius 3 is 2.53 bits per heavy atom. The van der Waals surface area contributed by atoms with Crippen molar-refractivity contribution in [2.75, 3.05) is 6.61 Å². The van der Waals surface area contributed by atoms with Crippen LogP contribution < -0.4 is 11.1 Å². The summed E-state index contributed by atoms with van der Waals surface area (Å²) in [5, 5.41) is 12.4. The molecule has 1 aromatic rings. The zero-order valence-corrected chi connectivity index (χ0v) is 11.1. The van der Waals surface area contributed by atoms with E-state index in [-0.39, 0.29) is 25.0 Å². The molecule has 1 aliphatic carbocycles. The first-order chi connectivity index (χ1) is 9.15. The SMILES string of the molecule is NC(CC(=O)NC1(CO)CCCC1)c1ccccc1. The molecule has 0 aromatic heterocycles. The van der Waals surface area contributed by atoms with Crippen LogP contribution in [0.15, 0.2) is 30.3 Å². The molecule has 0 saturated heterocycles. The molecule has 19 heavy (non-hydrogen) atoms. The lowest BCUT2D eigenvalue weighted by Crippen LogP contribution is -2.49. The molecule has 0 spiro atoms. The lowest BCUT2D eigenvalue weighted by molar-refractivity contribution is -0.124. The Morgan fingerprint density at radius 1 is 1.32 bits per heavy atom. The first-order valence-corrected chi connectivity index (χ1v) is 6.88. The number of nitrogens with one attached hydrogen (secondary N) is 1. The van der Waals surface area contributed by atoms with E-state index in [1.54, 1.807) is 0 Å². The van der Waals surface area contributed by atoms with Gasteiger partial charge in [-0.1, -0.05) is 43.2 Å². The Labute approximate surface area is 114 Å². The zero-order valence-electron chi connectivity index (χ0n) is 11.1. The maximum absolute atomic E-state index is 12.0. The molecule has 4 heteroatoms. The van der Waals surface area contributed by atoms with Crippen LogP contribution >= 0.6 is 0 Å². The van der Waals surface area contributed by atoms with E-state index in [0.717, 1.165) is 31.2 Å². The monoisotopic (exact) mass is 262 g/mol. The van der Waals surface area contributed by atoms with Crippen molar-refractivity contribution in [1.29, 1.82) is 0 Å². The zero-order chi connectivity index (χ0) is 13.7. The number of nitrogens with two attached hydrogens (primary N) is 1. The average Bonchev–Trinajstić information content (AvgIpc) is 2.88. The number of hydrogen-bond donors (Lipinski definition) is 3. The second-order valence-corrected chi connectivity index (χ2v) is 5.42. The molecule has 4 N–H and O–H groups in total. The first kappa shape index (κ1) is 14.0. The summed E-state index contributed by atoms with van der Waals surface area (Å²) in [7, 11) is 0. The van der Waals surface area contributed by atoms with E-state index < -0.39 is 5.54 Å². The van der Waals surface area contributed by atoms with Crippen LogP contribution in [0.5, 0.6) is 0 Å². The maximum atomic E-state index is 12.0. The second-order valence-electron chi connectivity index (χ2n) is 5.42. The van der Waals surface area contributed by atoms with E-state index in [9.17, 15) is 9.90 Å². The molecule has 1 saturated carbocycles. The highest BCUT2D eigenvalue weighted by molar-refractivity contribution is 5.77. The van der Waals surface area contributed by atoms with Crippen LogP contribution in [0.25, 0.3) is 0 Å². The highest BCUT2D eigenvalue weighted by Gasteiger charge is 2.34. The number of carbonyl (C=O) groups excluding carboxylic acids is 1. The predicted octanol–water partition coefficient (Wildman–Crippen LogP) is 1.50. The van der Waals surface area contributed by atoms with Crippen LogP contribution in [0, 0.1) is 0 Å². The second kappa shape index (κ2) is 6.17. The van der Waals surface area contributed by atoms with Gasteiger partial charge in [-0.15, -0.1) is 0 Å². The van der Waals surface area contributed by atoms with E-state index in [4.69, 9.17) is 5.73 Å². The van der Waals surface area contributed by atoms with Crippen molar-refractivity contribution in [3.05, 3.63) is 35.9 Å². The predicted molar refractivity (Wildman–Crippen MR) is 74.4 cm³/mol. The van der Waals surface area contributed by atoms with Crippen LogP contribution in [0.3, 0.4) is 0 Å². The van der Waals surface area contributed by atoms with Gasteiger partial charge in [0.1, 0.15) is 0 Å². The first-order valence-electron chi connectivity index (χ1n) is 6.88. The topological polar surface area (TPSA) is 75.4 Å². The number of aliphatic hydroxyl groups is 1. The van der Waals surface area contributed by atoms with Gasteiger partial charge in [0.25, 0.3) is 0 Å². The third kappa shape index (κ3) is 3.55. The van der Waals surface area contributed by atoms with Crippen molar-refractivity contribution in [2.45, 2.75) is 43.7 Å². The van der Waals surface area contributed by atoms with Gasteiger partial charge in [-0.3, -0.25) is 4.79 Å². The summed E-state index contributed by atoms with van der Waals surface area (Å²) in [5.41, 5.74) is 6.58. The molecule has 0 aliphatic heterocycles. The van der Waals surface area contributed by atoms with Crippen molar-refractivity contribution in [1.82, 2.24) is 5.32 Å². The van der Waals surface area contributed by atoms with E-state index in [0.29, 0.717) is 0 Å². The third-order valence-electron chi connectivity index (χ3n) is 3.90. The molecular weight excluding hydrogens is 240 g/mol. The average molecular weight is 262 g/mol. The van der Waals surface area contributed by atoms with Gasteiger partial charge in [0.2, 0.25) is 5.91 Å². The number of carbonyl (C=O) groups is 1. The Bertz CT molecular complexity index is 413. The quantitative estimate of drug-likeness (QED) is 0.752. The highest BCUT2D eigenvalue weighted by Crippen LogP contribution is 2.29. The van der Waals surface area contributed by atoms with Crippen LogP contribution in [-0.4, -0.2) is 23.2 Å². The molecule has 1 amide bonds. The fraction of sp³-hybridized carbons (Fsp3) is 0.533. The van der Waals surface area contributed by atoms with Gasteiger partial charge in [-0.2, -0.15) is 0 Å². The van der Waals surface area contributed by atoms with Gasteiger partial charge >= 0.3 is 0 Å². The van der Waals surface area contributed by atoms with Crippen molar-refractivity contribution in [2.24, 2.45) is 5.73 Å². The molecule has 1 aliphatic rings. The molecule has 1 unspecified atom stereocenters. The molecule has 104 valence electrons. The van der Waals surface area contributed by atoms with Crippen LogP contribution in [0.2, 0.25) is 0 Å². The van der Waals surface area contributed by atoms with Crippen molar-refractivity contribution in [3.8, 4) is 0 Å². The van der Waals surface area contributed by atoms with Crippen molar-refractivity contribution in [3.63, 3.8) is 0 Å². The standard InChI is InChI=1S/C15H22N2O2/c16-13(12-6-2-1-3-7-12)10-14(19)17-15(11-18)8-4-5-9-15/h1-3,6-7,13,18H,4-5,8-11,16H2,(H,17,19). The van der Waals surface area contributed by atoms with Crippen LogP contribution in [0.4, 0.5) is 0 Å². The summed E-state index contributed by atoms with van der Waals surface area (Å²) < 4.78 is 0. The third-order valence-corrected chi connectivity index (χ3v) is 3.90. The largest absolute Gasteiger partial charge is 0.394 e. The Hall–Kier alpha value is -1.39. The van der Waals surface area contributed by atoms with Gasteiger partial charge in [-0.05, 0) is 18.4 Å². The van der Waals surface area contributed by atoms with Gasteiger partial charge < -0.3 is 16.2 Å². The molecule has 0 heterocycles. The number of benzene rings is 1. The molecule has 1 atom stereocenters. The fourth-order valence-corrected chi connectivity index (χ4v) is 2.74. The number of aliphatic hydroxyl groups excluding tert-OH is 1. The fourth-order valence-electron chi connectivity index (χ4n) is 2.74. The lowest BCUT2D eigenvalue weighted by atomic mass is 9.97. The summed E-state index contributed by atoms with van der Waals surface area (Å²) in [6, 6.07) is 9.32. The van der Waals surface area contributed by atoms with Gasteiger partial charge in [0.05, 0.1) is 12.1 Å². The van der Waals surface area contributed by atoms with Crippen molar-refractivity contribution < 1.29 is 9.90 Å². The van der Waals surface area contributed by atoms with E-state index >= 15 is 0 Å². The smallest absolute Gasteiger partial charge is 0.222 e. The lowest BCUT2D eigenvalue weighted by Gasteiger charge is -2.28. The summed E-state index contributed by atoms with van der Waals surface area (Å²) in [4.78, 5) is 12.0. The minimum atomic E-state index is -0.409. The van der Waals surface area contributed by atoms with Gasteiger partial charge in [0, 0.05) is 12.5 Å². The number of amides is 1. The van der Waals surface area contributed by atoms with Gasteiger partial charge in [-0.25, -0.2) is 0 Å². The summed E-state index contributed by atoms with van der Waals surface area (Å²) in [6.07, 6.45) is 4.09. The molecule has 4 nitrogen and oxygen atoms in total. The molecule has 0 bridgehead atoms. The molecule has 0 radical (unpaired) electrons. The molecule has 1 aromatic carbocycles. The molecule has 2 rings (SSSR count). The summed E-state index contributed by atoms with van der Waals surface area (Å²) in [5.74, 6) is -0.0766. The summed E-state index contributed by atoms with van der Waals surface area (Å²) >= 11 is 0. The Balaban J connectivity index is 1.91. The minimum absolute atomic E-state index is 0.0132. The van der Waals surface area contributed by atoms with E-state index in [1.807, 2.05) is 30.3 Å². The van der Waals surface area contributed by atoms with Crippen LogP contribution in [-0.2, 0) is 4.79 Å². The van der Waals surface area contributed by atoms with Crippen molar-refractivity contribution >= 4 is 5.91 Å². The molecular formula is C15H22N2O2. The Morgan fingerprint density at radius 2 is 1.95 bits per heavy atom. The highest BCUT2D eigenvalue weighted by atomic mass is 16.3. The normalized spacial score (nSPS) is 19.1.